The monoisotopic (exact) mass is 298 g/mol. The van der Waals surface area contributed by atoms with Crippen molar-refractivity contribution in [3.05, 3.63) is 0 Å². The number of esters is 1. The fraction of sp³-hybridized carbons (Fsp3) is 0.941. The van der Waals surface area contributed by atoms with E-state index in [4.69, 9.17) is 4.74 Å². The molecule has 1 unspecified atom stereocenters. The van der Waals surface area contributed by atoms with E-state index < -0.39 is 5.54 Å². The molecular formula is C17H34N2O2. The van der Waals surface area contributed by atoms with Gasteiger partial charge in [-0.1, -0.05) is 6.92 Å². The zero-order valence-corrected chi connectivity index (χ0v) is 14.6. The lowest BCUT2D eigenvalue weighted by atomic mass is 9.94. The van der Waals surface area contributed by atoms with Crippen molar-refractivity contribution in [3.8, 4) is 0 Å². The smallest absolute Gasteiger partial charge is 0.326 e. The summed E-state index contributed by atoms with van der Waals surface area (Å²) < 4.78 is 5.26. The molecule has 124 valence electrons. The molecule has 21 heavy (non-hydrogen) atoms. The van der Waals surface area contributed by atoms with Crippen LogP contribution in [0.25, 0.3) is 0 Å². The van der Waals surface area contributed by atoms with Gasteiger partial charge in [0.15, 0.2) is 0 Å². The van der Waals surface area contributed by atoms with Crippen molar-refractivity contribution >= 4 is 5.97 Å². The largest absolute Gasteiger partial charge is 0.465 e. The fourth-order valence-electron chi connectivity index (χ4n) is 3.00. The number of nitrogens with one attached hydrogen (secondary N) is 1. The topological polar surface area (TPSA) is 41.6 Å². The quantitative estimate of drug-likeness (QED) is 0.596. The third-order valence-electron chi connectivity index (χ3n) is 4.03. The maximum atomic E-state index is 12.2. The third kappa shape index (κ3) is 6.35. The van der Waals surface area contributed by atoms with E-state index in [9.17, 15) is 4.79 Å². The van der Waals surface area contributed by atoms with Gasteiger partial charge in [-0.3, -0.25) is 10.1 Å². The van der Waals surface area contributed by atoms with Crippen LogP contribution in [0.3, 0.4) is 0 Å². The zero-order valence-electron chi connectivity index (χ0n) is 14.6. The van der Waals surface area contributed by atoms with E-state index in [1.165, 1.54) is 25.8 Å². The number of hydrogen-bond donors (Lipinski definition) is 1. The first-order valence-electron chi connectivity index (χ1n) is 8.62. The van der Waals surface area contributed by atoms with Crippen molar-refractivity contribution in [2.45, 2.75) is 84.3 Å². The van der Waals surface area contributed by atoms with Gasteiger partial charge in [0, 0.05) is 12.1 Å². The third-order valence-corrected chi connectivity index (χ3v) is 4.03. The Morgan fingerprint density at radius 2 is 2.00 bits per heavy atom. The number of ether oxygens (including phenoxy) is 1. The first kappa shape index (κ1) is 18.4. The van der Waals surface area contributed by atoms with Crippen LogP contribution in [0.1, 0.15) is 66.7 Å². The Kier molecular flexibility index (Phi) is 7.67. The molecule has 1 saturated carbocycles. The molecule has 4 heteroatoms. The molecule has 1 N–H and O–H groups in total. The summed E-state index contributed by atoms with van der Waals surface area (Å²) in [6.07, 6.45) is 5.76. The highest BCUT2D eigenvalue weighted by atomic mass is 16.5. The maximum absolute atomic E-state index is 12.2. The first-order valence-corrected chi connectivity index (χ1v) is 8.62. The maximum Gasteiger partial charge on any atom is 0.326 e. The summed E-state index contributed by atoms with van der Waals surface area (Å²) in [5, 5.41) is 3.40. The van der Waals surface area contributed by atoms with E-state index in [1.807, 2.05) is 13.8 Å². The second-order valence-electron chi connectivity index (χ2n) is 6.72. The standard InChI is InChI=1S/C17H34N2O2/c1-6-12-19(15-9-10-15)13-8-11-17(5,18-14(3)4)16(20)21-7-2/h14-15,18H,6-13H2,1-5H3. The first-order chi connectivity index (χ1) is 9.92. The van der Waals surface area contributed by atoms with Crippen LogP contribution in [0.2, 0.25) is 0 Å². The Labute approximate surface area is 130 Å². The van der Waals surface area contributed by atoms with E-state index in [1.54, 1.807) is 0 Å². The zero-order chi connectivity index (χ0) is 15.9. The van der Waals surface area contributed by atoms with Gasteiger partial charge in [-0.05, 0) is 72.9 Å². The minimum atomic E-state index is -0.564. The van der Waals surface area contributed by atoms with Gasteiger partial charge in [-0.15, -0.1) is 0 Å². The lowest BCUT2D eigenvalue weighted by molar-refractivity contribution is -0.151. The lowest BCUT2D eigenvalue weighted by Crippen LogP contribution is -2.53. The molecule has 0 aromatic carbocycles. The van der Waals surface area contributed by atoms with Crippen LogP contribution in [0.15, 0.2) is 0 Å². The van der Waals surface area contributed by atoms with E-state index in [0.29, 0.717) is 6.61 Å². The molecule has 0 bridgehead atoms. The normalized spacial score (nSPS) is 18.0. The molecule has 0 aliphatic heterocycles. The van der Waals surface area contributed by atoms with Crippen LogP contribution in [0.4, 0.5) is 0 Å². The van der Waals surface area contributed by atoms with Crippen LogP contribution in [-0.4, -0.2) is 48.2 Å². The molecule has 0 spiro atoms. The van der Waals surface area contributed by atoms with Gasteiger partial charge in [-0.25, -0.2) is 0 Å². The summed E-state index contributed by atoms with van der Waals surface area (Å²) in [5.74, 6) is -0.118. The van der Waals surface area contributed by atoms with Crippen molar-refractivity contribution in [1.29, 1.82) is 0 Å². The summed E-state index contributed by atoms with van der Waals surface area (Å²) in [6, 6.07) is 1.08. The molecule has 0 amide bonds. The van der Waals surface area contributed by atoms with Gasteiger partial charge >= 0.3 is 5.97 Å². The van der Waals surface area contributed by atoms with Crippen molar-refractivity contribution in [2.75, 3.05) is 19.7 Å². The Hall–Kier alpha value is -0.610. The number of rotatable bonds is 11. The summed E-state index contributed by atoms with van der Waals surface area (Å²) >= 11 is 0. The molecule has 1 aliphatic carbocycles. The molecule has 0 aromatic heterocycles. The Morgan fingerprint density at radius 3 is 2.48 bits per heavy atom. The van der Waals surface area contributed by atoms with E-state index in [-0.39, 0.29) is 12.0 Å². The summed E-state index contributed by atoms with van der Waals surface area (Å²) in [6.45, 7) is 12.9. The average Bonchev–Trinajstić information content (AvgIpc) is 3.21. The Balaban J connectivity index is 2.49. The number of nitrogens with zero attached hydrogens (tertiary/aromatic N) is 1. The SMILES string of the molecule is CCCN(CCCC(C)(NC(C)C)C(=O)OCC)C1CC1. The number of hydrogen-bond acceptors (Lipinski definition) is 4. The molecule has 0 saturated heterocycles. The van der Waals surface area contributed by atoms with Gasteiger partial charge < -0.3 is 9.64 Å². The van der Waals surface area contributed by atoms with Gasteiger partial charge in [0.05, 0.1) is 6.61 Å². The minimum absolute atomic E-state index is 0.118. The van der Waals surface area contributed by atoms with E-state index >= 15 is 0 Å². The molecule has 1 fully saturated rings. The van der Waals surface area contributed by atoms with Crippen LogP contribution >= 0.6 is 0 Å². The molecule has 1 rings (SSSR count). The average molecular weight is 298 g/mol. The molecular weight excluding hydrogens is 264 g/mol. The van der Waals surface area contributed by atoms with Crippen LogP contribution in [0, 0.1) is 0 Å². The van der Waals surface area contributed by atoms with Gasteiger partial charge in [-0.2, -0.15) is 0 Å². The molecule has 0 radical (unpaired) electrons. The van der Waals surface area contributed by atoms with Gasteiger partial charge in [0.1, 0.15) is 5.54 Å². The van der Waals surface area contributed by atoms with Crippen LogP contribution < -0.4 is 5.32 Å². The molecule has 4 nitrogen and oxygen atoms in total. The lowest BCUT2D eigenvalue weighted by Gasteiger charge is -2.31. The highest BCUT2D eigenvalue weighted by Gasteiger charge is 2.35. The Bertz CT molecular complexity index is 316. The van der Waals surface area contributed by atoms with Crippen molar-refractivity contribution in [1.82, 2.24) is 10.2 Å². The van der Waals surface area contributed by atoms with E-state index in [2.05, 4.69) is 31.0 Å². The number of carbonyl (C=O) groups excluding carboxylic acids is 1. The highest BCUT2D eigenvalue weighted by molar-refractivity contribution is 5.80. The predicted molar refractivity (Wildman–Crippen MR) is 87.4 cm³/mol. The van der Waals surface area contributed by atoms with Gasteiger partial charge in [0.25, 0.3) is 0 Å². The van der Waals surface area contributed by atoms with Crippen molar-refractivity contribution < 1.29 is 9.53 Å². The summed E-state index contributed by atoms with van der Waals surface area (Å²) in [7, 11) is 0. The minimum Gasteiger partial charge on any atom is -0.465 e. The Morgan fingerprint density at radius 1 is 1.33 bits per heavy atom. The molecule has 0 heterocycles. The van der Waals surface area contributed by atoms with Gasteiger partial charge in [0.2, 0.25) is 0 Å². The van der Waals surface area contributed by atoms with E-state index in [0.717, 1.165) is 25.4 Å². The molecule has 0 aromatic rings. The van der Waals surface area contributed by atoms with Crippen molar-refractivity contribution in [2.24, 2.45) is 0 Å². The number of carbonyl (C=O) groups is 1. The predicted octanol–water partition coefficient (Wildman–Crippen LogP) is 2.96. The highest BCUT2D eigenvalue weighted by Crippen LogP contribution is 2.27. The second kappa shape index (κ2) is 8.74. The summed E-state index contributed by atoms with van der Waals surface area (Å²) in [5.41, 5.74) is -0.564. The molecule has 1 aliphatic rings. The van der Waals surface area contributed by atoms with Crippen LogP contribution in [0.5, 0.6) is 0 Å². The van der Waals surface area contributed by atoms with Crippen LogP contribution in [-0.2, 0) is 9.53 Å². The second-order valence-corrected chi connectivity index (χ2v) is 6.72. The summed E-state index contributed by atoms with van der Waals surface area (Å²) in [4.78, 5) is 14.8. The van der Waals surface area contributed by atoms with Crippen molar-refractivity contribution in [3.63, 3.8) is 0 Å². The molecule has 1 atom stereocenters. The fourth-order valence-corrected chi connectivity index (χ4v) is 3.00.